The molecule has 0 amide bonds. The van der Waals surface area contributed by atoms with E-state index in [9.17, 15) is 0 Å². The van der Waals surface area contributed by atoms with Crippen LogP contribution in [0.15, 0.2) is 36.7 Å². The summed E-state index contributed by atoms with van der Waals surface area (Å²) in [6, 6.07) is 7.96. The molecule has 1 aromatic heterocycles. The summed E-state index contributed by atoms with van der Waals surface area (Å²) in [6.45, 7) is 1.73. The maximum absolute atomic E-state index is 5.78. The second kappa shape index (κ2) is 6.21. The first-order valence-corrected chi connectivity index (χ1v) is 6.34. The molecule has 0 aliphatic rings. The standard InChI is InChI=1S/C14H20N4/c15-6-1-2-8-18-9-7-17-14(18)11-12-4-3-5-13(16)10-12/h3-5,7,9-10H,1-2,6,8,11,15-16H2. The lowest BCUT2D eigenvalue weighted by Gasteiger charge is -2.08. The molecule has 0 aliphatic heterocycles. The van der Waals surface area contributed by atoms with Crippen LogP contribution in [0.2, 0.25) is 0 Å². The Labute approximate surface area is 108 Å². The number of aromatic nitrogens is 2. The molecule has 0 fully saturated rings. The van der Waals surface area contributed by atoms with Crippen LogP contribution >= 0.6 is 0 Å². The summed E-state index contributed by atoms with van der Waals surface area (Å²) in [6.07, 6.45) is 6.84. The lowest BCUT2D eigenvalue weighted by atomic mass is 10.1. The normalized spacial score (nSPS) is 10.7. The van der Waals surface area contributed by atoms with Crippen LogP contribution in [0, 0.1) is 0 Å². The van der Waals surface area contributed by atoms with E-state index in [0.717, 1.165) is 43.9 Å². The molecule has 1 heterocycles. The van der Waals surface area contributed by atoms with E-state index in [2.05, 4.69) is 15.6 Å². The Hall–Kier alpha value is -1.81. The fraction of sp³-hybridized carbons (Fsp3) is 0.357. The molecule has 0 saturated carbocycles. The predicted molar refractivity (Wildman–Crippen MR) is 74.2 cm³/mol. The molecule has 0 aliphatic carbocycles. The Morgan fingerprint density at radius 3 is 2.89 bits per heavy atom. The van der Waals surface area contributed by atoms with Crippen molar-refractivity contribution < 1.29 is 0 Å². The van der Waals surface area contributed by atoms with Gasteiger partial charge in [-0.25, -0.2) is 4.98 Å². The number of rotatable bonds is 6. The molecule has 0 atom stereocenters. The number of imidazole rings is 1. The molecule has 2 aromatic rings. The number of nitrogens with zero attached hydrogens (tertiary/aromatic N) is 2. The van der Waals surface area contributed by atoms with Gasteiger partial charge in [0.2, 0.25) is 0 Å². The van der Waals surface area contributed by atoms with Crippen LogP contribution in [0.1, 0.15) is 24.2 Å². The fourth-order valence-corrected chi connectivity index (χ4v) is 2.02. The summed E-state index contributed by atoms with van der Waals surface area (Å²) in [5.74, 6) is 1.08. The maximum Gasteiger partial charge on any atom is 0.113 e. The minimum Gasteiger partial charge on any atom is -0.399 e. The maximum atomic E-state index is 5.78. The molecule has 4 N–H and O–H groups in total. The molecule has 0 bridgehead atoms. The largest absolute Gasteiger partial charge is 0.399 e. The van der Waals surface area contributed by atoms with E-state index in [4.69, 9.17) is 11.5 Å². The lowest BCUT2D eigenvalue weighted by molar-refractivity contribution is 0.595. The van der Waals surface area contributed by atoms with E-state index in [1.54, 1.807) is 0 Å². The van der Waals surface area contributed by atoms with Crippen molar-refractivity contribution in [2.24, 2.45) is 5.73 Å². The number of aryl methyl sites for hydroxylation is 1. The number of nitrogens with two attached hydrogens (primary N) is 2. The highest BCUT2D eigenvalue weighted by Gasteiger charge is 2.04. The van der Waals surface area contributed by atoms with Gasteiger partial charge in [0.25, 0.3) is 0 Å². The quantitative estimate of drug-likeness (QED) is 0.601. The monoisotopic (exact) mass is 244 g/mol. The molecule has 0 radical (unpaired) electrons. The molecule has 18 heavy (non-hydrogen) atoms. The van der Waals surface area contributed by atoms with E-state index in [-0.39, 0.29) is 0 Å². The Bertz CT molecular complexity index is 490. The summed E-state index contributed by atoms with van der Waals surface area (Å²) in [4.78, 5) is 4.41. The predicted octanol–water partition coefficient (Wildman–Crippen LogP) is 1.80. The van der Waals surface area contributed by atoms with E-state index in [1.807, 2.05) is 30.6 Å². The molecule has 4 nitrogen and oxygen atoms in total. The van der Waals surface area contributed by atoms with Gasteiger partial charge in [0.05, 0.1) is 0 Å². The number of anilines is 1. The highest BCUT2D eigenvalue weighted by atomic mass is 15.1. The van der Waals surface area contributed by atoms with Gasteiger partial charge in [0.15, 0.2) is 0 Å². The molecule has 1 aromatic carbocycles. The van der Waals surface area contributed by atoms with Crippen molar-refractivity contribution in [3.63, 3.8) is 0 Å². The highest BCUT2D eigenvalue weighted by molar-refractivity contribution is 5.41. The van der Waals surface area contributed by atoms with E-state index in [1.165, 1.54) is 5.56 Å². The van der Waals surface area contributed by atoms with Crippen molar-refractivity contribution in [2.75, 3.05) is 12.3 Å². The van der Waals surface area contributed by atoms with Crippen molar-refractivity contribution in [1.29, 1.82) is 0 Å². The third-order valence-corrected chi connectivity index (χ3v) is 2.97. The van der Waals surface area contributed by atoms with E-state index >= 15 is 0 Å². The van der Waals surface area contributed by atoms with Crippen molar-refractivity contribution in [2.45, 2.75) is 25.8 Å². The molecule has 0 spiro atoms. The topological polar surface area (TPSA) is 69.9 Å². The Kier molecular flexibility index (Phi) is 4.36. The summed E-state index contributed by atoms with van der Waals surface area (Å²) in [5.41, 5.74) is 13.3. The zero-order valence-electron chi connectivity index (χ0n) is 10.5. The third-order valence-electron chi connectivity index (χ3n) is 2.97. The van der Waals surface area contributed by atoms with Crippen LogP contribution < -0.4 is 11.5 Å². The molecular formula is C14H20N4. The average molecular weight is 244 g/mol. The number of benzene rings is 1. The summed E-state index contributed by atoms with van der Waals surface area (Å²) >= 11 is 0. The van der Waals surface area contributed by atoms with Crippen molar-refractivity contribution in [3.8, 4) is 0 Å². The van der Waals surface area contributed by atoms with Crippen molar-refractivity contribution in [3.05, 3.63) is 48.0 Å². The number of hydrogen-bond donors (Lipinski definition) is 2. The Morgan fingerprint density at radius 2 is 2.11 bits per heavy atom. The average Bonchev–Trinajstić information content (AvgIpc) is 2.77. The van der Waals surface area contributed by atoms with Gasteiger partial charge in [-0.3, -0.25) is 0 Å². The van der Waals surface area contributed by atoms with Crippen molar-refractivity contribution in [1.82, 2.24) is 9.55 Å². The minimum atomic E-state index is 0.749. The van der Waals surface area contributed by atoms with Gasteiger partial charge in [0, 0.05) is 31.0 Å². The van der Waals surface area contributed by atoms with Gasteiger partial charge in [0.1, 0.15) is 5.82 Å². The van der Waals surface area contributed by atoms with Gasteiger partial charge in [-0.05, 0) is 37.1 Å². The fourth-order valence-electron chi connectivity index (χ4n) is 2.02. The second-order valence-corrected chi connectivity index (χ2v) is 4.45. The van der Waals surface area contributed by atoms with Crippen LogP contribution in [-0.2, 0) is 13.0 Å². The van der Waals surface area contributed by atoms with Crippen LogP contribution in [0.3, 0.4) is 0 Å². The van der Waals surface area contributed by atoms with Crippen LogP contribution in [-0.4, -0.2) is 16.1 Å². The molecule has 0 saturated heterocycles. The van der Waals surface area contributed by atoms with Crippen molar-refractivity contribution >= 4 is 5.69 Å². The zero-order chi connectivity index (χ0) is 12.8. The van der Waals surface area contributed by atoms with Gasteiger partial charge in [-0.2, -0.15) is 0 Å². The van der Waals surface area contributed by atoms with Gasteiger partial charge in [-0.15, -0.1) is 0 Å². The van der Waals surface area contributed by atoms with Crippen LogP contribution in [0.5, 0.6) is 0 Å². The summed E-state index contributed by atoms with van der Waals surface area (Å²) in [7, 11) is 0. The van der Waals surface area contributed by atoms with Crippen LogP contribution in [0.4, 0.5) is 5.69 Å². The summed E-state index contributed by atoms with van der Waals surface area (Å²) in [5, 5.41) is 0. The molecule has 4 heteroatoms. The van der Waals surface area contributed by atoms with Gasteiger partial charge < -0.3 is 16.0 Å². The molecule has 2 rings (SSSR count). The number of unbranched alkanes of at least 4 members (excludes halogenated alkanes) is 1. The number of hydrogen-bond acceptors (Lipinski definition) is 3. The van der Waals surface area contributed by atoms with Gasteiger partial charge >= 0.3 is 0 Å². The third kappa shape index (κ3) is 3.34. The molecule has 0 unspecified atom stereocenters. The van der Waals surface area contributed by atoms with E-state index in [0.29, 0.717) is 0 Å². The summed E-state index contributed by atoms with van der Waals surface area (Å²) < 4.78 is 2.19. The first-order valence-electron chi connectivity index (χ1n) is 6.34. The minimum absolute atomic E-state index is 0.749. The SMILES string of the molecule is NCCCCn1ccnc1Cc1cccc(N)c1. The molecule has 96 valence electrons. The second-order valence-electron chi connectivity index (χ2n) is 4.45. The first-order chi connectivity index (χ1) is 8.79. The smallest absolute Gasteiger partial charge is 0.113 e. The Balaban J connectivity index is 2.03. The first kappa shape index (κ1) is 12.6. The van der Waals surface area contributed by atoms with E-state index < -0.39 is 0 Å². The Morgan fingerprint density at radius 1 is 1.22 bits per heavy atom. The molecular weight excluding hydrogens is 224 g/mol. The van der Waals surface area contributed by atoms with Gasteiger partial charge in [-0.1, -0.05) is 12.1 Å². The number of nitrogen functional groups attached to an aromatic ring is 1. The highest BCUT2D eigenvalue weighted by Crippen LogP contribution is 2.12. The zero-order valence-corrected chi connectivity index (χ0v) is 10.5. The lowest BCUT2D eigenvalue weighted by Crippen LogP contribution is -2.06. The van der Waals surface area contributed by atoms with Crippen LogP contribution in [0.25, 0.3) is 0 Å².